The van der Waals surface area contributed by atoms with Gasteiger partial charge < -0.3 is 10.1 Å². The summed E-state index contributed by atoms with van der Waals surface area (Å²) in [5.74, 6) is 0.0666. The van der Waals surface area contributed by atoms with Crippen LogP contribution in [0.5, 0.6) is 0 Å². The molecule has 4 heteroatoms. The van der Waals surface area contributed by atoms with Crippen LogP contribution in [0, 0.1) is 6.07 Å². The van der Waals surface area contributed by atoms with E-state index in [4.69, 9.17) is 4.74 Å². The van der Waals surface area contributed by atoms with Crippen LogP contribution in [0.4, 0.5) is 0 Å². The van der Waals surface area contributed by atoms with E-state index in [2.05, 4.69) is 22.3 Å². The van der Waals surface area contributed by atoms with Crippen molar-refractivity contribution in [1.82, 2.24) is 10.2 Å². The van der Waals surface area contributed by atoms with Crippen LogP contribution in [0.25, 0.3) is 0 Å². The third-order valence-corrected chi connectivity index (χ3v) is 3.23. The van der Waals surface area contributed by atoms with Gasteiger partial charge in [0.15, 0.2) is 0 Å². The van der Waals surface area contributed by atoms with Crippen molar-refractivity contribution in [2.45, 2.75) is 32.9 Å². The van der Waals surface area contributed by atoms with Crippen LogP contribution in [0.1, 0.15) is 25.0 Å². The van der Waals surface area contributed by atoms with E-state index in [1.165, 1.54) is 5.56 Å². The van der Waals surface area contributed by atoms with Gasteiger partial charge in [-0.1, -0.05) is 12.1 Å². The summed E-state index contributed by atoms with van der Waals surface area (Å²) in [6.45, 7) is 8.40. The van der Waals surface area contributed by atoms with E-state index >= 15 is 0 Å². The van der Waals surface area contributed by atoms with Crippen LogP contribution in [0.3, 0.4) is 0 Å². The van der Waals surface area contributed by atoms with Crippen LogP contribution in [0.15, 0.2) is 18.2 Å². The summed E-state index contributed by atoms with van der Waals surface area (Å²) in [5.41, 5.74) is 2.23. The van der Waals surface area contributed by atoms with E-state index in [-0.39, 0.29) is 11.9 Å². The van der Waals surface area contributed by atoms with Crippen LogP contribution >= 0.6 is 0 Å². The molecule has 0 spiro atoms. The number of benzene rings is 1. The lowest BCUT2D eigenvalue weighted by Gasteiger charge is -2.26. The number of morpholine rings is 1. The number of amides is 1. The third-order valence-electron chi connectivity index (χ3n) is 3.23. The lowest BCUT2D eigenvalue weighted by molar-refractivity contribution is -0.120. The molecule has 1 heterocycles. The van der Waals surface area contributed by atoms with Crippen molar-refractivity contribution in [3.05, 3.63) is 35.4 Å². The first-order valence-corrected chi connectivity index (χ1v) is 7.22. The topological polar surface area (TPSA) is 41.6 Å². The second-order valence-corrected chi connectivity index (χ2v) is 5.54. The molecule has 1 aromatic carbocycles. The zero-order valence-electron chi connectivity index (χ0n) is 12.3. The van der Waals surface area contributed by atoms with Gasteiger partial charge in [-0.05, 0) is 37.1 Å². The minimum atomic E-state index is 0.0666. The lowest BCUT2D eigenvalue weighted by Crippen LogP contribution is -2.35. The summed E-state index contributed by atoms with van der Waals surface area (Å²) in [5, 5.41) is 2.91. The first-order chi connectivity index (χ1) is 9.63. The minimum absolute atomic E-state index is 0.0666. The largest absolute Gasteiger partial charge is 0.379 e. The molecule has 20 heavy (non-hydrogen) atoms. The van der Waals surface area contributed by atoms with Crippen LogP contribution in [-0.4, -0.2) is 43.2 Å². The monoisotopic (exact) mass is 275 g/mol. The molecule has 1 N–H and O–H groups in total. The zero-order valence-corrected chi connectivity index (χ0v) is 12.3. The Morgan fingerprint density at radius 2 is 2.05 bits per heavy atom. The fourth-order valence-corrected chi connectivity index (χ4v) is 2.35. The summed E-state index contributed by atoms with van der Waals surface area (Å²) in [4.78, 5) is 14.1. The highest BCUT2D eigenvalue weighted by molar-refractivity contribution is 5.78. The predicted octanol–water partition coefficient (Wildman–Crippen LogP) is 1.39. The molecule has 1 radical (unpaired) electrons. The summed E-state index contributed by atoms with van der Waals surface area (Å²) in [6.07, 6.45) is 0.422. The Bertz CT molecular complexity index is 440. The van der Waals surface area contributed by atoms with Gasteiger partial charge in [0.2, 0.25) is 5.91 Å². The number of nitrogens with zero attached hydrogens (tertiary/aromatic N) is 1. The van der Waals surface area contributed by atoms with Crippen molar-refractivity contribution < 1.29 is 9.53 Å². The second-order valence-electron chi connectivity index (χ2n) is 5.54. The number of hydrogen-bond acceptors (Lipinski definition) is 3. The fourth-order valence-electron chi connectivity index (χ4n) is 2.35. The van der Waals surface area contributed by atoms with Gasteiger partial charge in [-0.2, -0.15) is 0 Å². The SMILES string of the molecule is CC(C)NC(=O)Cc1c[c]cc(CN2CCOCC2)c1. The molecule has 1 aromatic rings. The highest BCUT2D eigenvalue weighted by Crippen LogP contribution is 2.10. The van der Waals surface area contributed by atoms with Crippen molar-refractivity contribution in [2.75, 3.05) is 26.3 Å². The quantitative estimate of drug-likeness (QED) is 0.883. The molecule has 0 bridgehead atoms. The van der Waals surface area contributed by atoms with E-state index in [1.54, 1.807) is 0 Å². The lowest BCUT2D eigenvalue weighted by atomic mass is 10.1. The van der Waals surface area contributed by atoms with Gasteiger partial charge in [-0.3, -0.25) is 9.69 Å². The molecule has 0 saturated carbocycles. The van der Waals surface area contributed by atoms with Crippen molar-refractivity contribution in [3.8, 4) is 0 Å². The number of carbonyl (C=O) groups is 1. The van der Waals surface area contributed by atoms with Crippen LogP contribution < -0.4 is 5.32 Å². The molecule has 1 saturated heterocycles. The van der Waals surface area contributed by atoms with Gasteiger partial charge in [0.05, 0.1) is 19.6 Å². The molecule has 109 valence electrons. The van der Waals surface area contributed by atoms with Gasteiger partial charge in [0.1, 0.15) is 0 Å². The molecular formula is C16H23N2O2. The Balaban J connectivity index is 1.91. The Hall–Kier alpha value is -1.39. The Morgan fingerprint density at radius 1 is 1.35 bits per heavy atom. The van der Waals surface area contributed by atoms with E-state index in [9.17, 15) is 4.79 Å². The van der Waals surface area contributed by atoms with Gasteiger partial charge >= 0.3 is 0 Å². The summed E-state index contributed by atoms with van der Waals surface area (Å²) in [7, 11) is 0. The Morgan fingerprint density at radius 3 is 2.75 bits per heavy atom. The van der Waals surface area contributed by atoms with Crippen molar-refractivity contribution >= 4 is 5.91 Å². The molecule has 0 aromatic heterocycles. The Kier molecular flexibility index (Phi) is 5.56. The smallest absolute Gasteiger partial charge is 0.224 e. The molecule has 4 nitrogen and oxygen atoms in total. The molecule has 0 aliphatic carbocycles. The average Bonchev–Trinajstić information content (AvgIpc) is 2.39. The average molecular weight is 275 g/mol. The molecule has 0 unspecified atom stereocenters. The molecular weight excluding hydrogens is 252 g/mol. The number of nitrogens with one attached hydrogen (secondary N) is 1. The van der Waals surface area contributed by atoms with E-state index in [0.29, 0.717) is 6.42 Å². The first kappa shape index (κ1) is 15.0. The van der Waals surface area contributed by atoms with Crippen molar-refractivity contribution in [2.24, 2.45) is 0 Å². The van der Waals surface area contributed by atoms with Crippen LogP contribution in [0.2, 0.25) is 0 Å². The van der Waals surface area contributed by atoms with Gasteiger partial charge in [-0.25, -0.2) is 0 Å². The molecule has 1 fully saturated rings. The molecule has 1 aliphatic rings. The maximum absolute atomic E-state index is 11.8. The van der Waals surface area contributed by atoms with Gasteiger partial charge in [-0.15, -0.1) is 0 Å². The summed E-state index contributed by atoms with van der Waals surface area (Å²) < 4.78 is 5.35. The maximum atomic E-state index is 11.8. The molecule has 2 rings (SSSR count). The number of carbonyl (C=O) groups excluding carboxylic acids is 1. The van der Waals surface area contributed by atoms with Crippen LogP contribution in [-0.2, 0) is 22.5 Å². The standard InChI is InChI=1S/C16H23N2O2/c1-13(2)17-16(19)11-14-4-3-5-15(10-14)12-18-6-8-20-9-7-18/h4-5,10,13H,6-9,11-12H2,1-2H3,(H,17,19). The number of hydrogen-bond donors (Lipinski definition) is 1. The Labute approximate surface area is 121 Å². The van der Waals surface area contributed by atoms with Crippen molar-refractivity contribution in [1.29, 1.82) is 0 Å². The van der Waals surface area contributed by atoms with E-state index in [1.807, 2.05) is 26.0 Å². The zero-order chi connectivity index (χ0) is 14.4. The molecule has 0 atom stereocenters. The third kappa shape index (κ3) is 4.94. The van der Waals surface area contributed by atoms with E-state index < -0.39 is 0 Å². The number of rotatable bonds is 5. The normalized spacial score (nSPS) is 16.4. The predicted molar refractivity (Wildman–Crippen MR) is 78.4 cm³/mol. The first-order valence-electron chi connectivity index (χ1n) is 7.22. The minimum Gasteiger partial charge on any atom is -0.379 e. The summed E-state index contributed by atoms with van der Waals surface area (Å²) in [6, 6.07) is 9.32. The summed E-state index contributed by atoms with van der Waals surface area (Å²) >= 11 is 0. The maximum Gasteiger partial charge on any atom is 0.224 e. The van der Waals surface area contributed by atoms with Gasteiger partial charge in [0.25, 0.3) is 0 Å². The highest BCUT2D eigenvalue weighted by atomic mass is 16.5. The highest BCUT2D eigenvalue weighted by Gasteiger charge is 2.11. The van der Waals surface area contributed by atoms with E-state index in [0.717, 1.165) is 38.4 Å². The number of ether oxygens (including phenoxy) is 1. The van der Waals surface area contributed by atoms with Gasteiger partial charge in [0, 0.05) is 25.7 Å². The molecule has 1 aliphatic heterocycles. The molecule has 1 amide bonds. The fraction of sp³-hybridized carbons (Fsp3) is 0.562. The second kappa shape index (κ2) is 7.41. The van der Waals surface area contributed by atoms with Crippen molar-refractivity contribution in [3.63, 3.8) is 0 Å².